The molecule has 2 aliphatic rings. The number of hydrogen-bond acceptors (Lipinski definition) is 2. The zero-order valence-corrected chi connectivity index (χ0v) is 8.34. The predicted molar refractivity (Wildman–Crippen MR) is 50.3 cm³/mol. The average molecular weight is 182 g/mol. The molecule has 0 radical (unpaired) electrons. The summed E-state index contributed by atoms with van der Waals surface area (Å²) in [6, 6.07) is 0. The predicted octanol–water partition coefficient (Wildman–Crippen LogP) is 2.52. The maximum atomic E-state index is 11.4. The van der Waals surface area contributed by atoms with Crippen LogP contribution in [0.4, 0.5) is 0 Å². The third kappa shape index (κ3) is 1.36. The van der Waals surface area contributed by atoms with Crippen LogP contribution >= 0.6 is 0 Å². The molecule has 0 aromatic heterocycles. The molecule has 2 aliphatic carbocycles. The van der Waals surface area contributed by atoms with Crippen LogP contribution in [0.3, 0.4) is 0 Å². The highest BCUT2D eigenvalue weighted by molar-refractivity contribution is 5.74. The molecule has 0 N–H and O–H groups in total. The van der Waals surface area contributed by atoms with E-state index in [1.165, 1.54) is 45.6 Å². The van der Waals surface area contributed by atoms with Gasteiger partial charge in [0.15, 0.2) is 0 Å². The molecule has 2 heteroatoms. The Bertz CT molecular complexity index is 204. The third-order valence-electron chi connectivity index (χ3n) is 4.01. The molecule has 2 saturated carbocycles. The van der Waals surface area contributed by atoms with Crippen molar-refractivity contribution < 1.29 is 9.53 Å². The summed E-state index contributed by atoms with van der Waals surface area (Å²) in [4.78, 5) is 11.4. The first-order valence-corrected chi connectivity index (χ1v) is 5.36. The van der Waals surface area contributed by atoms with Gasteiger partial charge in [0.05, 0.1) is 13.0 Å². The van der Waals surface area contributed by atoms with Gasteiger partial charge in [0.1, 0.15) is 0 Å². The molecule has 74 valence electrons. The van der Waals surface area contributed by atoms with E-state index in [0.717, 1.165) is 6.42 Å². The second kappa shape index (κ2) is 3.32. The lowest BCUT2D eigenvalue weighted by atomic mass is 9.54. The summed E-state index contributed by atoms with van der Waals surface area (Å²) < 4.78 is 4.84. The molecule has 0 bridgehead atoms. The molecule has 1 atom stereocenters. The first-order chi connectivity index (χ1) is 6.28. The first kappa shape index (κ1) is 9.04. The fourth-order valence-corrected chi connectivity index (χ4v) is 3.06. The van der Waals surface area contributed by atoms with Crippen molar-refractivity contribution >= 4 is 5.97 Å². The van der Waals surface area contributed by atoms with Gasteiger partial charge in [-0.05, 0) is 31.1 Å². The molecule has 0 amide bonds. The lowest BCUT2D eigenvalue weighted by Crippen LogP contribution is -2.46. The van der Waals surface area contributed by atoms with Gasteiger partial charge in [0.2, 0.25) is 0 Å². The second-order valence-electron chi connectivity index (χ2n) is 4.54. The van der Waals surface area contributed by atoms with Crippen molar-refractivity contribution in [2.24, 2.45) is 11.3 Å². The van der Waals surface area contributed by atoms with E-state index in [-0.39, 0.29) is 11.9 Å². The molecule has 0 saturated heterocycles. The molecule has 2 rings (SSSR count). The van der Waals surface area contributed by atoms with Gasteiger partial charge in [0.25, 0.3) is 0 Å². The fraction of sp³-hybridized carbons (Fsp3) is 0.909. The first-order valence-electron chi connectivity index (χ1n) is 5.36. The molecule has 0 aromatic rings. The molecule has 0 aliphatic heterocycles. The van der Waals surface area contributed by atoms with Gasteiger partial charge in [-0.25, -0.2) is 0 Å². The van der Waals surface area contributed by atoms with E-state index in [2.05, 4.69) is 0 Å². The van der Waals surface area contributed by atoms with Crippen LogP contribution < -0.4 is 0 Å². The largest absolute Gasteiger partial charge is 0.469 e. The van der Waals surface area contributed by atoms with Crippen molar-refractivity contribution in [3.8, 4) is 0 Å². The van der Waals surface area contributed by atoms with Crippen LogP contribution in [0.25, 0.3) is 0 Å². The van der Waals surface area contributed by atoms with Gasteiger partial charge in [-0.3, -0.25) is 4.79 Å². The summed E-state index contributed by atoms with van der Waals surface area (Å²) in [7, 11) is 1.51. The minimum atomic E-state index is 0.0353. The van der Waals surface area contributed by atoms with Gasteiger partial charge >= 0.3 is 5.97 Å². The Morgan fingerprint density at radius 3 is 2.38 bits per heavy atom. The summed E-state index contributed by atoms with van der Waals surface area (Å²) in [5, 5.41) is 0. The van der Waals surface area contributed by atoms with Gasteiger partial charge in [0, 0.05) is 0 Å². The molecule has 1 unspecified atom stereocenters. The Hall–Kier alpha value is -0.530. The highest BCUT2D eigenvalue weighted by atomic mass is 16.5. The molecular formula is C11H18O2. The molecular weight excluding hydrogens is 164 g/mol. The number of hydrogen-bond donors (Lipinski definition) is 0. The van der Waals surface area contributed by atoms with Crippen molar-refractivity contribution in [2.45, 2.75) is 44.9 Å². The summed E-state index contributed by atoms with van der Waals surface area (Å²) >= 11 is 0. The summed E-state index contributed by atoms with van der Waals surface area (Å²) in [5.41, 5.74) is 0.366. The monoisotopic (exact) mass is 182 g/mol. The summed E-state index contributed by atoms with van der Waals surface area (Å²) in [6.45, 7) is 0. The normalized spacial score (nSPS) is 31.0. The number of rotatable bonds is 1. The molecule has 0 heterocycles. The zero-order chi connectivity index (χ0) is 9.31. The summed E-state index contributed by atoms with van der Waals surface area (Å²) in [5.74, 6) is 0.269. The van der Waals surface area contributed by atoms with E-state index < -0.39 is 0 Å². The quantitative estimate of drug-likeness (QED) is 0.582. The minimum absolute atomic E-state index is 0.0353. The van der Waals surface area contributed by atoms with Gasteiger partial charge in [-0.15, -0.1) is 0 Å². The van der Waals surface area contributed by atoms with Crippen LogP contribution in [-0.4, -0.2) is 13.1 Å². The van der Waals surface area contributed by atoms with Crippen LogP contribution in [0, 0.1) is 11.3 Å². The Labute approximate surface area is 79.7 Å². The smallest absolute Gasteiger partial charge is 0.309 e. The topological polar surface area (TPSA) is 26.3 Å². The highest BCUT2D eigenvalue weighted by Gasteiger charge is 2.50. The highest BCUT2D eigenvalue weighted by Crippen LogP contribution is 2.56. The lowest BCUT2D eigenvalue weighted by molar-refractivity contribution is -0.160. The zero-order valence-electron chi connectivity index (χ0n) is 8.34. The number of carbonyl (C=O) groups is 1. The van der Waals surface area contributed by atoms with Crippen molar-refractivity contribution in [1.82, 2.24) is 0 Å². The number of carbonyl (C=O) groups excluding carboxylic acids is 1. The molecule has 2 fully saturated rings. The number of methoxy groups -OCH3 is 1. The van der Waals surface area contributed by atoms with Crippen LogP contribution in [0.5, 0.6) is 0 Å². The molecule has 2 nitrogen and oxygen atoms in total. The van der Waals surface area contributed by atoms with Gasteiger partial charge < -0.3 is 4.74 Å². The molecule has 1 spiro atoms. The molecule has 13 heavy (non-hydrogen) atoms. The second-order valence-corrected chi connectivity index (χ2v) is 4.54. The SMILES string of the molecule is COC(=O)C1CCC12CCCCC2. The average Bonchev–Trinajstić information content (AvgIpc) is 2.17. The fourth-order valence-electron chi connectivity index (χ4n) is 3.06. The third-order valence-corrected chi connectivity index (χ3v) is 4.01. The maximum Gasteiger partial charge on any atom is 0.309 e. The van der Waals surface area contributed by atoms with Crippen LogP contribution in [0.15, 0.2) is 0 Å². The van der Waals surface area contributed by atoms with Crippen LogP contribution in [0.2, 0.25) is 0 Å². The van der Waals surface area contributed by atoms with E-state index in [4.69, 9.17) is 4.74 Å². The van der Waals surface area contributed by atoms with E-state index in [9.17, 15) is 4.79 Å². The van der Waals surface area contributed by atoms with Crippen molar-refractivity contribution in [2.75, 3.05) is 7.11 Å². The lowest BCUT2D eigenvalue weighted by Gasteiger charge is -2.50. The number of esters is 1. The van der Waals surface area contributed by atoms with E-state index in [0.29, 0.717) is 5.41 Å². The van der Waals surface area contributed by atoms with Crippen molar-refractivity contribution in [3.05, 3.63) is 0 Å². The standard InChI is InChI=1S/C11H18O2/c1-13-10(12)9-5-8-11(9)6-3-2-4-7-11/h9H,2-8H2,1H3. The van der Waals surface area contributed by atoms with Gasteiger partial charge in [-0.1, -0.05) is 19.3 Å². The van der Waals surface area contributed by atoms with Crippen molar-refractivity contribution in [1.29, 1.82) is 0 Å². The Balaban J connectivity index is 2.02. The Morgan fingerprint density at radius 1 is 1.23 bits per heavy atom. The summed E-state index contributed by atoms with van der Waals surface area (Å²) in [6.07, 6.45) is 8.82. The number of ether oxygens (including phenoxy) is 1. The molecule has 0 aromatic carbocycles. The van der Waals surface area contributed by atoms with Crippen molar-refractivity contribution in [3.63, 3.8) is 0 Å². The van der Waals surface area contributed by atoms with E-state index >= 15 is 0 Å². The van der Waals surface area contributed by atoms with Crippen LogP contribution in [0.1, 0.15) is 44.9 Å². The minimum Gasteiger partial charge on any atom is -0.469 e. The Kier molecular flexibility index (Phi) is 2.31. The van der Waals surface area contributed by atoms with Crippen LogP contribution in [-0.2, 0) is 9.53 Å². The maximum absolute atomic E-state index is 11.4. The van der Waals surface area contributed by atoms with Gasteiger partial charge in [-0.2, -0.15) is 0 Å². The van der Waals surface area contributed by atoms with E-state index in [1.807, 2.05) is 0 Å². The Morgan fingerprint density at radius 2 is 1.92 bits per heavy atom. The van der Waals surface area contributed by atoms with E-state index in [1.54, 1.807) is 0 Å².